The quantitative estimate of drug-likeness (QED) is 0.860. The number of amides is 2. The molecular weight excluding hydrogens is 312 g/mol. The number of rotatable bonds is 4. The Bertz CT molecular complexity index is 673. The maximum atomic E-state index is 12.9. The molecule has 0 aromatic heterocycles. The van der Waals surface area contributed by atoms with Gasteiger partial charge in [0.25, 0.3) is 5.91 Å². The highest BCUT2D eigenvalue weighted by molar-refractivity contribution is 6.00. The highest BCUT2D eigenvalue weighted by Gasteiger charge is 2.40. The van der Waals surface area contributed by atoms with E-state index in [1.807, 2.05) is 0 Å². The number of nitrogens with one attached hydrogen (secondary N) is 1. The number of carboxylic acid groups (broad SMARTS) is 1. The van der Waals surface area contributed by atoms with Crippen LogP contribution in [0.25, 0.3) is 0 Å². The van der Waals surface area contributed by atoms with E-state index in [2.05, 4.69) is 5.32 Å². The van der Waals surface area contributed by atoms with E-state index in [4.69, 9.17) is 9.84 Å². The molecule has 1 aliphatic heterocycles. The Balaban J connectivity index is 2.30. The second-order valence-corrected chi connectivity index (χ2v) is 6.39. The van der Waals surface area contributed by atoms with Gasteiger partial charge in [-0.25, -0.2) is 4.79 Å². The summed E-state index contributed by atoms with van der Waals surface area (Å²) < 4.78 is 5.28. The van der Waals surface area contributed by atoms with E-state index >= 15 is 0 Å². The first-order valence-corrected chi connectivity index (χ1v) is 7.70. The second-order valence-electron chi connectivity index (χ2n) is 6.39. The van der Waals surface area contributed by atoms with E-state index in [0.29, 0.717) is 35.5 Å². The molecule has 0 unspecified atom stereocenters. The average molecular weight is 334 g/mol. The monoisotopic (exact) mass is 334 g/mol. The lowest BCUT2D eigenvalue weighted by atomic mass is 9.96. The Morgan fingerprint density at radius 3 is 2.42 bits per heavy atom. The molecule has 7 nitrogen and oxygen atoms in total. The number of piperazine rings is 1. The van der Waals surface area contributed by atoms with Crippen molar-refractivity contribution in [2.45, 2.75) is 33.2 Å². The van der Waals surface area contributed by atoms with Gasteiger partial charge < -0.3 is 20.1 Å². The molecule has 0 bridgehead atoms. The molecule has 1 fully saturated rings. The molecule has 1 aromatic carbocycles. The van der Waals surface area contributed by atoms with E-state index < -0.39 is 18.1 Å². The molecule has 7 heteroatoms. The van der Waals surface area contributed by atoms with Gasteiger partial charge in [-0.05, 0) is 51.0 Å². The summed E-state index contributed by atoms with van der Waals surface area (Å²) in [7, 11) is 0. The van der Waals surface area contributed by atoms with Crippen molar-refractivity contribution in [3.63, 3.8) is 0 Å². The lowest BCUT2D eigenvalue weighted by Gasteiger charge is -2.41. The largest absolute Gasteiger partial charge is 0.481 e. The van der Waals surface area contributed by atoms with Crippen LogP contribution < -0.4 is 10.1 Å². The van der Waals surface area contributed by atoms with Crippen LogP contribution >= 0.6 is 0 Å². The Kier molecular flexibility index (Phi) is 4.82. The molecule has 0 aliphatic carbocycles. The van der Waals surface area contributed by atoms with Gasteiger partial charge in [0, 0.05) is 18.7 Å². The lowest BCUT2D eigenvalue weighted by Crippen LogP contribution is -2.63. The third-order valence-corrected chi connectivity index (χ3v) is 4.14. The molecule has 1 saturated heterocycles. The standard InChI is InChI=1S/C17H22N2O5/c1-10-7-12(8-11(2)14(10)24-9-13(20)21)15(22)19-6-5-18-16(23)17(19,3)4/h7-8H,5-6,9H2,1-4H3,(H,18,23)(H,20,21). The van der Waals surface area contributed by atoms with Gasteiger partial charge in [-0.15, -0.1) is 0 Å². The Labute approximate surface area is 140 Å². The molecule has 0 spiro atoms. The summed E-state index contributed by atoms with van der Waals surface area (Å²) in [4.78, 5) is 37.1. The highest BCUT2D eigenvalue weighted by Crippen LogP contribution is 2.27. The van der Waals surface area contributed by atoms with Crippen LogP contribution in [0, 0.1) is 13.8 Å². The van der Waals surface area contributed by atoms with Crippen LogP contribution in [0.4, 0.5) is 0 Å². The minimum absolute atomic E-state index is 0.183. The minimum atomic E-state index is -1.06. The summed E-state index contributed by atoms with van der Waals surface area (Å²) in [6.07, 6.45) is 0. The number of hydrogen-bond acceptors (Lipinski definition) is 4. The lowest BCUT2D eigenvalue weighted by molar-refractivity contribution is -0.139. The molecule has 2 N–H and O–H groups in total. The van der Waals surface area contributed by atoms with Gasteiger partial charge in [-0.1, -0.05) is 0 Å². The zero-order valence-corrected chi connectivity index (χ0v) is 14.3. The van der Waals surface area contributed by atoms with E-state index in [1.54, 1.807) is 44.7 Å². The maximum absolute atomic E-state index is 12.9. The normalized spacial score (nSPS) is 16.5. The molecular formula is C17H22N2O5. The van der Waals surface area contributed by atoms with E-state index in [9.17, 15) is 14.4 Å². The van der Waals surface area contributed by atoms with E-state index in [0.717, 1.165) is 0 Å². The number of benzene rings is 1. The minimum Gasteiger partial charge on any atom is -0.481 e. The maximum Gasteiger partial charge on any atom is 0.341 e. The van der Waals surface area contributed by atoms with Gasteiger partial charge in [0.15, 0.2) is 6.61 Å². The van der Waals surface area contributed by atoms with Crippen LogP contribution in [0.1, 0.15) is 35.3 Å². The van der Waals surface area contributed by atoms with Crippen molar-refractivity contribution in [1.29, 1.82) is 0 Å². The van der Waals surface area contributed by atoms with Crippen molar-refractivity contribution >= 4 is 17.8 Å². The van der Waals surface area contributed by atoms with Crippen molar-refractivity contribution in [1.82, 2.24) is 10.2 Å². The number of carboxylic acids is 1. The van der Waals surface area contributed by atoms with E-state index in [1.165, 1.54) is 0 Å². The van der Waals surface area contributed by atoms with Crippen molar-refractivity contribution in [2.75, 3.05) is 19.7 Å². The Morgan fingerprint density at radius 1 is 1.29 bits per heavy atom. The van der Waals surface area contributed by atoms with E-state index in [-0.39, 0.29) is 11.8 Å². The van der Waals surface area contributed by atoms with Crippen molar-refractivity contribution in [2.24, 2.45) is 0 Å². The molecule has 2 rings (SSSR count). The van der Waals surface area contributed by atoms with Crippen LogP contribution in [0.5, 0.6) is 5.75 Å². The van der Waals surface area contributed by atoms with Crippen LogP contribution in [0.3, 0.4) is 0 Å². The summed E-state index contributed by atoms with van der Waals surface area (Å²) in [6.45, 7) is 7.37. The summed E-state index contributed by atoms with van der Waals surface area (Å²) in [5.74, 6) is -1.01. The van der Waals surface area contributed by atoms with Crippen LogP contribution in [-0.4, -0.2) is 53.0 Å². The first-order chi connectivity index (χ1) is 11.1. The average Bonchev–Trinajstić information content (AvgIpc) is 2.48. The fraction of sp³-hybridized carbons (Fsp3) is 0.471. The summed E-state index contributed by atoms with van der Waals surface area (Å²) in [5, 5.41) is 11.5. The van der Waals surface area contributed by atoms with Gasteiger partial charge in [-0.3, -0.25) is 9.59 Å². The van der Waals surface area contributed by atoms with Crippen LogP contribution in [0.15, 0.2) is 12.1 Å². The second kappa shape index (κ2) is 6.51. The number of aryl methyl sites for hydroxylation is 2. The fourth-order valence-electron chi connectivity index (χ4n) is 2.85. The number of ether oxygens (including phenoxy) is 1. The summed E-state index contributed by atoms with van der Waals surface area (Å²) in [5.41, 5.74) is 0.892. The van der Waals surface area contributed by atoms with Crippen molar-refractivity contribution in [3.05, 3.63) is 28.8 Å². The first kappa shape index (κ1) is 17.8. The topological polar surface area (TPSA) is 95.9 Å². The van der Waals surface area contributed by atoms with Gasteiger partial charge in [0.2, 0.25) is 5.91 Å². The molecule has 1 aromatic rings. The fourth-order valence-corrected chi connectivity index (χ4v) is 2.85. The number of hydrogen-bond donors (Lipinski definition) is 2. The third-order valence-electron chi connectivity index (χ3n) is 4.14. The highest BCUT2D eigenvalue weighted by atomic mass is 16.5. The predicted molar refractivity (Wildman–Crippen MR) is 87.2 cm³/mol. The molecule has 0 atom stereocenters. The number of carbonyl (C=O) groups excluding carboxylic acids is 2. The smallest absolute Gasteiger partial charge is 0.341 e. The predicted octanol–water partition coefficient (Wildman–Crippen LogP) is 1.12. The molecule has 0 radical (unpaired) electrons. The Hall–Kier alpha value is -2.57. The molecule has 1 heterocycles. The van der Waals surface area contributed by atoms with Gasteiger partial charge in [0.1, 0.15) is 11.3 Å². The SMILES string of the molecule is Cc1cc(C(=O)N2CCNC(=O)C2(C)C)cc(C)c1OCC(=O)O. The first-order valence-electron chi connectivity index (χ1n) is 7.70. The molecule has 24 heavy (non-hydrogen) atoms. The third kappa shape index (κ3) is 3.34. The van der Waals surface area contributed by atoms with Crippen molar-refractivity contribution < 1.29 is 24.2 Å². The molecule has 130 valence electrons. The zero-order chi connectivity index (χ0) is 18.1. The summed E-state index contributed by atoms with van der Waals surface area (Å²) >= 11 is 0. The number of carbonyl (C=O) groups is 3. The number of aliphatic carboxylic acids is 1. The number of nitrogens with zero attached hydrogens (tertiary/aromatic N) is 1. The van der Waals surface area contributed by atoms with Crippen LogP contribution in [0.2, 0.25) is 0 Å². The van der Waals surface area contributed by atoms with Crippen LogP contribution in [-0.2, 0) is 9.59 Å². The van der Waals surface area contributed by atoms with Gasteiger partial charge >= 0.3 is 5.97 Å². The molecule has 2 amide bonds. The zero-order valence-electron chi connectivity index (χ0n) is 14.3. The Morgan fingerprint density at radius 2 is 1.88 bits per heavy atom. The van der Waals surface area contributed by atoms with Gasteiger partial charge in [-0.2, -0.15) is 0 Å². The van der Waals surface area contributed by atoms with Gasteiger partial charge in [0.05, 0.1) is 0 Å². The summed E-state index contributed by atoms with van der Waals surface area (Å²) in [6, 6.07) is 3.32. The molecule has 0 saturated carbocycles. The van der Waals surface area contributed by atoms with Crippen molar-refractivity contribution in [3.8, 4) is 5.75 Å². The molecule has 1 aliphatic rings.